The molecule has 0 aliphatic rings. The fourth-order valence-electron chi connectivity index (χ4n) is 0.529. The Hall–Kier alpha value is -0.120. The summed E-state index contributed by atoms with van der Waals surface area (Å²) < 4.78 is 5.05. The average Bonchev–Trinajstić information content (AvgIpc) is 1.82. The highest BCUT2D eigenvalue weighted by molar-refractivity contribution is 4.53. The van der Waals surface area contributed by atoms with E-state index in [2.05, 4.69) is 0 Å². The molecule has 0 aromatic rings. The van der Waals surface area contributed by atoms with Gasteiger partial charge in [0, 0.05) is 0 Å². The molecule has 0 radical (unpaired) electrons. The molecule has 0 spiro atoms. The molecule has 3 nitrogen and oxygen atoms in total. The Labute approximate surface area is 55.3 Å². The van der Waals surface area contributed by atoms with Crippen molar-refractivity contribution in [1.82, 2.24) is 0 Å². The number of rotatable bonds is 4. The number of aliphatic hydroxyl groups excluding tert-OH is 2. The van der Waals surface area contributed by atoms with E-state index in [9.17, 15) is 0 Å². The number of aliphatic hydroxyl groups is 2. The number of hydrogen-bond donors (Lipinski definition) is 2. The van der Waals surface area contributed by atoms with E-state index < -0.39 is 6.10 Å². The third-order valence-electron chi connectivity index (χ3n) is 0.872. The first-order valence-electron chi connectivity index (χ1n) is 3.08. The minimum atomic E-state index is -0.412. The molecular formula is C6H14O3. The van der Waals surface area contributed by atoms with Crippen molar-refractivity contribution < 1.29 is 14.9 Å². The summed E-state index contributed by atoms with van der Waals surface area (Å²) >= 11 is 0. The van der Waals surface area contributed by atoms with Crippen LogP contribution in [0.2, 0.25) is 0 Å². The van der Waals surface area contributed by atoms with Crippen molar-refractivity contribution in [3.63, 3.8) is 0 Å². The van der Waals surface area contributed by atoms with Gasteiger partial charge in [-0.15, -0.1) is 0 Å². The molecule has 0 rings (SSSR count). The van der Waals surface area contributed by atoms with Gasteiger partial charge < -0.3 is 14.9 Å². The van der Waals surface area contributed by atoms with E-state index >= 15 is 0 Å². The van der Waals surface area contributed by atoms with Crippen LogP contribution in [0.25, 0.3) is 0 Å². The van der Waals surface area contributed by atoms with Crippen LogP contribution in [0.1, 0.15) is 13.8 Å². The minimum absolute atomic E-state index is 0.0642. The molecule has 0 heterocycles. The lowest BCUT2D eigenvalue weighted by atomic mass is 10.4. The second kappa shape index (κ2) is 4.73. The summed E-state index contributed by atoms with van der Waals surface area (Å²) in [4.78, 5) is 0. The van der Waals surface area contributed by atoms with Crippen molar-refractivity contribution in [2.24, 2.45) is 0 Å². The van der Waals surface area contributed by atoms with Crippen LogP contribution in [-0.4, -0.2) is 35.6 Å². The summed E-state index contributed by atoms with van der Waals surface area (Å²) in [6.45, 7) is 3.49. The predicted molar refractivity (Wildman–Crippen MR) is 34.2 cm³/mol. The molecule has 0 aliphatic carbocycles. The highest BCUT2D eigenvalue weighted by Crippen LogP contribution is 1.94. The van der Waals surface area contributed by atoms with Gasteiger partial charge in [-0.05, 0) is 13.8 Å². The zero-order valence-corrected chi connectivity index (χ0v) is 5.87. The number of hydrogen-bond acceptors (Lipinski definition) is 3. The summed E-state index contributed by atoms with van der Waals surface area (Å²) in [5, 5.41) is 17.0. The first kappa shape index (κ1) is 8.88. The molecular weight excluding hydrogens is 120 g/mol. The smallest absolute Gasteiger partial charge is 0.104 e. The summed E-state index contributed by atoms with van der Waals surface area (Å²) in [5.41, 5.74) is 0. The van der Waals surface area contributed by atoms with E-state index in [-0.39, 0.29) is 19.3 Å². The minimum Gasteiger partial charge on any atom is -0.394 e. The molecule has 0 saturated heterocycles. The van der Waals surface area contributed by atoms with Gasteiger partial charge in [0.25, 0.3) is 0 Å². The van der Waals surface area contributed by atoms with Crippen molar-refractivity contribution in [2.75, 3.05) is 13.2 Å². The van der Waals surface area contributed by atoms with E-state index in [0.717, 1.165) is 0 Å². The summed E-state index contributed by atoms with van der Waals surface area (Å²) in [5.74, 6) is 0. The SMILES string of the molecule is CC(C)OC(CO)CO. The Balaban J connectivity index is 3.31. The van der Waals surface area contributed by atoms with E-state index in [0.29, 0.717) is 0 Å². The quantitative estimate of drug-likeness (QED) is 0.558. The topological polar surface area (TPSA) is 49.7 Å². The third-order valence-corrected chi connectivity index (χ3v) is 0.872. The van der Waals surface area contributed by atoms with Crippen LogP contribution in [0, 0.1) is 0 Å². The molecule has 0 saturated carbocycles. The van der Waals surface area contributed by atoms with Crippen molar-refractivity contribution in [3.8, 4) is 0 Å². The van der Waals surface area contributed by atoms with Crippen LogP contribution >= 0.6 is 0 Å². The molecule has 3 heteroatoms. The van der Waals surface area contributed by atoms with Crippen LogP contribution in [0.15, 0.2) is 0 Å². The molecule has 0 amide bonds. The Morgan fingerprint density at radius 2 is 1.67 bits per heavy atom. The van der Waals surface area contributed by atoms with E-state index in [1.807, 2.05) is 13.8 Å². The fraction of sp³-hybridized carbons (Fsp3) is 1.00. The molecule has 56 valence electrons. The lowest BCUT2D eigenvalue weighted by Gasteiger charge is -2.14. The van der Waals surface area contributed by atoms with Crippen molar-refractivity contribution in [2.45, 2.75) is 26.1 Å². The molecule has 0 bridgehead atoms. The summed E-state index contributed by atoms with van der Waals surface area (Å²) in [6, 6.07) is 0. The molecule has 0 unspecified atom stereocenters. The molecule has 0 fully saturated rings. The maximum absolute atomic E-state index is 8.49. The van der Waals surface area contributed by atoms with Crippen molar-refractivity contribution in [3.05, 3.63) is 0 Å². The Morgan fingerprint density at radius 3 is 1.78 bits per heavy atom. The van der Waals surface area contributed by atoms with Gasteiger partial charge in [-0.3, -0.25) is 0 Å². The first-order valence-corrected chi connectivity index (χ1v) is 3.08. The second-order valence-corrected chi connectivity index (χ2v) is 2.17. The highest BCUT2D eigenvalue weighted by atomic mass is 16.5. The Morgan fingerprint density at radius 1 is 1.22 bits per heavy atom. The van der Waals surface area contributed by atoms with E-state index in [1.54, 1.807) is 0 Å². The van der Waals surface area contributed by atoms with Gasteiger partial charge in [0.05, 0.1) is 19.3 Å². The zero-order chi connectivity index (χ0) is 7.28. The standard InChI is InChI=1S/C6H14O3/c1-5(2)9-6(3-7)4-8/h5-8H,3-4H2,1-2H3. The molecule has 9 heavy (non-hydrogen) atoms. The molecule has 2 N–H and O–H groups in total. The predicted octanol–water partition coefficient (Wildman–Crippen LogP) is -0.235. The molecule has 0 aromatic carbocycles. The highest BCUT2D eigenvalue weighted by Gasteiger charge is 2.06. The molecule has 0 aromatic heterocycles. The third kappa shape index (κ3) is 4.39. The number of ether oxygens (including phenoxy) is 1. The van der Waals surface area contributed by atoms with Gasteiger partial charge in [-0.2, -0.15) is 0 Å². The summed E-state index contributed by atoms with van der Waals surface area (Å²) in [7, 11) is 0. The van der Waals surface area contributed by atoms with E-state index in [4.69, 9.17) is 14.9 Å². The lowest BCUT2D eigenvalue weighted by Crippen LogP contribution is -2.25. The fourth-order valence-corrected chi connectivity index (χ4v) is 0.529. The van der Waals surface area contributed by atoms with Crippen LogP contribution in [-0.2, 0) is 4.74 Å². The first-order chi connectivity index (χ1) is 4.20. The largest absolute Gasteiger partial charge is 0.394 e. The van der Waals surface area contributed by atoms with Crippen LogP contribution in [0.5, 0.6) is 0 Å². The van der Waals surface area contributed by atoms with Crippen LogP contribution < -0.4 is 0 Å². The average molecular weight is 134 g/mol. The Bertz CT molecular complexity index is 59.3. The molecule has 0 aliphatic heterocycles. The zero-order valence-electron chi connectivity index (χ0n) is 5.87. The van der Waals surface area contributed by atoms with E-state index in [1.165, 1.54) is 0 Å². The summed E-state index contributed by atoms with van der Waals surface area (Å²) in [6.07, 6.45) is -0.348. The maximum Gasteiger partial charge on any atom is 0.104 e. The Kier molecular flexibility index (Phi) is 4.67. The van der Waals surface area contributed by atoms with Gasteiger partial charge in [0.2, 0.25) is 0 Å². The van der Waals surface area contributed by atoms with Crippen LogP contribution in [0.3, 0.4) is 0 Å². The monoisotopic (exact) mass is 134 g/mol. The maximum atomic E-state index is 8.49. The van der Waals surface area contributed by atoms with Gasteiger partial charge in [0.1, 0.15) is 6.10 Å². The van der Waals surface area contributed by atoms with Crippen molar-refractivity contribution in [1.29, 1.82) is 0 Å². The van der Waals surface area contributed by atoms with Gasteiger partial charge in [-0.1, -0.05) is 0 Å². The normalized spacial score (nSPS) is 11.3. The van der Waals surface area contributed by atoms with Crippen molar-refractivity contribution >= 4 is 0 Å². The van der Waals surface area contributed by atoms with Gasteiger partial charge in [0.15, 0.2) is 0 Å². The van der Waals surface area contributed by atoms with Crippen LogP contribution in [0.4, 0.5) is 0 Å². The van der Waals surface area contributed by atoms with Gasteiger partial charge in [-0.25, -0.2) is 0 Å². The second-order valence-electron chi connectivity index (χ2n) is 2.17. The van der Waals surface area contributed by atoms with Gasteiger partial charge >= 0.3 is 0 Å². The molecule has 0 atom stereocenters. The lowest BCUT2D eigenvalue weighted by molar-refractivity contribution is -0.0494.